The van der Waals surface area contributed by atoms with Gasteiger partial charge in [0.05, 0.1) is 18.4 Å². The lowest BCUT2D eigenvalue weighted by Gasteiger charge is -2.07. The predicted molar refractivity (Wildman–Crippen MR) is 49.0 cm³/mol. The SMILES string of the molecule is O=C(OC1CCOC1=O)c1cncc(F)c1. The van der Waals surface area contributed by atoms with Crippen LogP contribution in [-0.4, -0.2) is 29.6 Å². The minimum absolute atomic E-state index is 0.0281. The molecule has 2 rings (SSSR count). The van der Waals surface area contributed by atoms with E-state index < -0.39 is 23.9 Å². The highest BCUT2D eigenvalue weighted by atomic mass is 19.1. The van der Waals surface area contributed by atoms with Gasteiger partial charge in [0.2, 0.25) is 6.10 Å². The highest BCUT2D eigenvalue weighted by Gasteiger charge is 2.30. The summed E-state index contributed by atoms with van der Waals surface area (Å²) in [6, 6.07) is 0.996. The molecule has 0 amide bonds. The first-order valence-corrected chi connectivity index (χ1v) is 4.65. The van der Waals surface area contributed by atoms with E-state index in [9.17, 15) is 14.0 Å². The minimum Gasteiger partial charge on any atom is -0.463 e. The molecule has 0 saturated carbocycles. The van der Waals surface area contributed by atoms with Gasteiger partial charge in [0.15, 0.2) is 0 Å². The maximum Gasteiger partial charge on any atom is 0.347 e. The Morgan fingerprint density at radius 1 is 1.56 bits per heavy atom. The molecule has 0 aliphatic carbocycles. The average molecular weight is 225 g/mol. The summed E-state index contributed by atoms with van der Waals surface area (Å²) >= 11 is 0. The van der Waals surface area contributed by atoms with Crippen LogP contribution in [0.25, 0.3) is 0 Å². The van der Waals surface area contributed by atoms with E-state index in [1.165, 1.54) is 6.20 Å². The Balaban J connectivity index is 2.05. The molecule has 84 valence electrons. The zero-order valence-electron chi connectivity index (χ0n) is 8.18. The van der Waals surface area contributed by atoms with Crippen molar-refractivity contribution in [1.29, 1.82) is 0 Å². The van der Waals surface area contributed by atoms with Gasteiger partial charge in [-0.15, -0.1) is 0 Å². The molecule has 0 bridgehead atoms. The van der Waals surface area contributed by atoms with Crippen LogP contribution in [0.4, 0.5) is 4.39 Å². The van der Waals surface area contributed by atoms with Gasteiger partial charge >= 0.3 is 11.9 Å². The molecule has 16 heavy (non-hydrogen) atoms. The summed E-state index contributed by atoms with van der Waals surface area (Å²) in [7, 11) is 0. The van der Waals surface area contributed by atoms with E-state index in [0.717, 1.165) is 12.3 Å². The van der Waals surface area contributed by atoms with Gasteiger partial charge < -0.3 is 9.47 Å². The van der Waals surface area contributed by atoms with Crippen LogP contribution in [0, 0.1) is 5.82 Å². The van der Waals surface area contributed by atoms with Crippen LogP contribution in [0.3, 0.4) is 0 Å². The molecule has 1 unspecified atom stereocenters. The number of hydrogen-bond acceptors (Lipinski definition) is 5. The molecule has 0 radical (unpaired) electrons. The number of nitrogens with zero attached hydrogens (tertiary/aromatic N) is 1. The van der Waals surface area contributed by atoms with Crippen molar-refractivity contribution >= 4 is 11.9 Å². The first kappa shape index (κ1) is 10.5. The van der Waals surface area contributed by atoms with Crippen molar-refractivity contribution in [3.63, 3.8) is 0 Å². The van der Waals surface area contributed by atoms with Gasteiger partial charge in [-0.05, 0) is 6.07 Å². The van der Waals surface area contributed by atoms with E-state index in [1.807, 2.05) is 0 Å². The fraction of sp³-hybridized carbons (Fsp3) is 0.300. The van der Waals surface area contributed by atoms with E-state index in [4.69, 9.17) is 4.74 Å². The Bertz CT molecular complexity index is 435. The molecule has 1 aliphatic rings. The monoisotopic (exact) mass is 225 g/mol. The number of hydrogen-bond donors (Lipinski definition) is 0. The van der Waals surface area contributed by atoms with Crippen LogP contribution >= 0.6 is 0 Å². The zero-order valence-corrected chi connectivity index (χ0v) is 8.18. The quantitative estimate of drug-likeness (QED) is 0.693. The van der Waals surface area contributed by atoms with Crippen LogP contribution < -0.4 is 0 Å². The van der Waals surface area contributed by atoms with Crippen molar-refractivity contribution in [2.24, 2.45) is 0 Å². The molecule has 1 aliphatic heterocycles. The fourth-order valence-corrected chi connectivity index (χ4v) is 1.31. The lowest BCUT2D eigenvalue weighted by atomic mass is 10.2. The minimum atomic E-state index is -0.893. The lowest BCUT2D eigenvalue weighted by molar-refractivity contribution is -0.145. The molecule has 5 nitrogen and oxygen atoms in total. The van der Waals surface area contributed by atoms with Crippen LogP contribution in [0.1, 0.15) is 16.8 Å². The number of carbonyl (C=O) groups excluding carboxylic acids is 2. The fourth-order valence-electron chi connectivity index (χ4n) is 1.31. The topological polar surface area (TPSA) is 65.5 Å². The Hall–Kier alpha value is -1.98. The first-order chi connectivity index (χ1) is 7.66. The average Bonchev–Trinajstić information content (AvgIpc) is 2.64. The van der Waals surface area contributed by atoms with Gasteiger partial charge in [0, 0.05) is 12.6 Å². The number of carbonyl (C=O) groups is 2. The maximum atomic E-state index is 12.8. The smallest absolute Gasteiger partial charge is 0.347 e. The molecule has 0 N–H and O–H groups in total. The Morgan fingerprint density at radius 2 is 2.38 bits per heavy atom. The molecule has 1 aromatic rings. The van der Waals surface area contributed by atoms with Gasteiger partial charge in [-0.25, -0.2) is 14.0 Å². The van der Waals surface area contributed by atoms with E-state index >= 15 is 0 Å². The summed E-state index contributed by atoms with van der Waals surface area (Å²) in [4.78, 5) is 26.0. The normalized spacial score (nSPS) is 19.3. The van der Waals surface area contributed by atoms with Crippen LogP contribution in [-0.2, 0) is 14.3 Å². The predicted octanol–water partition coefficient (Wildman–Crippen LogP) is 0.693. The molecule has 0 spiro atoms. The van der Waals surface area contributed by atoms with Crippen LogP contribution in [0.5, 0.6) is 0 Å². The Morgan fingerprint density at radius 3 is 3.00 bits per heavy atom. The number of aromatic nitrogens is 1. The molecule has 2 heterocycles. The molecule has 1 saturated heterocycles. The van der Waals surface area contributed by atoms with Gasteiger partial charge in [-0.2, -0.15) is 0 Å². The number of esters is 2. The summed E-state index contributed by atoms with van der Waals surface area (Å²) in [6.45, 7) is 0.234. The third-order valence-electron chi connectivity index (χ3n) is 2.08. The third-order valence-corrected chi connectivity index (χ3v) is 2.08. The number of rotatable bonds is 2. The summed E-state index contributed by atoms with van der Waals surface area (Å²) in [5, 5.41) is 0. The van der Waals surface area contributed by atoms with Gasteiger partial charge in [-0.1, -0.05) is 0 Å². The molecule has 1 aromatic heterocycles. The van der Waals surface area contributed by atoms with Crippen molar-refractivity contribution in [1.82, 2.24) is 4.98 Å². The van der Waals surface area contributed by atoms with E-state index in [0.29, 0.717) is 6.42 Å². The van der Waals surface area contributed by atoms with Crippen molar-refractivity contribution in [2.45, 2.75) is 12.5 Å². The van der Waals surface area contributed by atoms with E-state index in [-0.39, 0.29) is 12.2 Å². The Kier molecular flexibility index (Phi) is 2.80. The molecule has 1 atom stereocenters. The number of halogens is 1. The summed E-state index contributed by atoms with van der Waals surface area (Å²) < 4.78 is 22.2. The number of pyridine rings is 1. The standard InChI is InChI=1S/C10H8FNO4/c11-7-3-6(4-12-5-7)9(13)16-8-1-2-15-10(8)14/h3-5,8H,1-2H2. The number of ether oxygens (including phenoxy) is 2. The van der Waals surface area contributed by atoms with Gasteiger partial charge in [0.1, 0.15) is 5.82 Å². The summed E-state index contributed by atoms with van der Waals surface area (Å²) in [5.74, 6) is -1.99. The van der Waals surface area contributed by atoms with Crippen molar-refractivity contribution in [2.75, 3.05) is 6.61 Å². The second kappa shape index (κ2) is 4.26. The maximum absolute atomic E-state index is 12.8. The second-order valence-corrected chi connectivity index (χ2v) is 3.24. The second-order valence-electron chi connectivity index (χ2n) is 3.24. The third kappa shape index (κ3) is 2.16. The van der Waals surface area contributed by atoms with Crippen molar-refractivity contribution in [3.8, 4) is 0 Å². The van der Waals surface area contributed by atoms with Crippen molar-refractivity contribution in [3.05, 3.63) is 29.8 Å². The summed E-state index contributed by atoms with van der Waals surface area (Å²) in [5.41, 5.74) is -0.0281. The van der Waals surface area contributed by atoms with Gasteiger partial charge in [0.25, 0.3) is 0 Å². The molecule has 1 fully saturated rings. The lowest BCUT2D eigenvalue weighted by Crippen LogP contribution is -2.22. The largest absolute Gasteiger partial charge is 0.463 e. The van der Waals surface area contributed by atoms with E-state index in [2.05, 4.69) is 9.72 Å². The molecular formula is C10H8FNO4. The first-order valence-electron chi connectivity index (χ1n) is 4.65. The van der Waals surface area contributed by atoms with Crippen molar-refractivity contribution < 1.29 is 23.5 Å². The highest BCUT2D eigenvalue weighted by Crippen LogP contribution is 2.13. The summed E-state index contributed by atoms with van der Waals surface area (Å²) in [6.07, 6.45) is 1.58. The zero-order chi connectivity index (χ0) is 11.5. The number of cyclic esters (lactones) is 1. The highest BCUT2D eigenvalue weighted by molar-refractivity contribution is 5.91. The molecule has 6 heteroatoms. The van der Waals surface area contributed by atoms with E-state index in [1.54, 1.807) is 0 Å². The molecular weight excluding hydrogens is 217 g/mol. The van der Waals surface area contributed by atoms with Gasteiger partial charge in [-0.3, -0.25) is 4.98 Å². The molecule has 0 aromatic carbocycles. The Labute approximate surface area is 90.2 Å². The van der Waals surface area contributed by atoms with Crippen LogP contribution in [0.15, 0.2) is 18.5 Å². The van der Waals surface area contributed by atoms with Crippen LogP contribution in [0.2, 0.25) is 0 Å².